The van der Waals surface area contributed by atoms with Crippen molar-refractivity contribution in [1.82, 2.24) is 4.98 Å². The lowest BCUT2D eigenvalue weighted by molar-refractivity contribution is 0.0696. The minimum absolute atomic E-state index is 0.118. The molecule has 1 aromatic carbocycles. The highest BCUT2D eigenvalue weighted by Crippen LogP contribution is 2.31. The number of hydrogen-bond acceptors (Lipinski definition) is 5. The first-order valence-electron chi connectivity index (χ1n) is 6.02. The Bertz CT molecular complexity index is 718. The monoisotopic (exact) mass is 427 g/mol. The molecule has 0 saturated heterocycles. The molecule has 1 aromatic heterocycles. The molecule has 2 N–H and O–H groups in total. The Morgan fingerprint density at radius 3 is 2.77 bits per heavy atom. The molecule has 114 valence electrons. The van der Waals surface area contributed by atoms with Crippen LogP contribution in [0.15, 0.2) is 44.5 Å². The Kier molecular flexibility index (Phi) is 5.51. The molecule has 0 aliphatic heterocycles. The molecular formula is C14H11Br2N3O3. The molecule has 0 fully saturated rings. The number of pyridine rings is 1. The van der Waals surface area contributed by atoms with Crippen molar-refractivity contribution in [2.75, 3.05) is 12.5 Å². The van der Waals surface area contributed by atoms with E-state index in [1.54, 1.807) is 13.3 Å². The number of hydrazone groups is 1. The molecule has 22 heavy (non-hydrogen) atoms. The van der Waals surface area contributed by atoms with Gasteiger partial charge < -0.3 is 9.84 Å². The minimum atomic E-state index is -1.02. The average molecular weight is 429 g/mol. The number of nitrogens with zero attached hydrogens (tertiary/aromatic N) is 2. The van der Waals surface area contributed by atoms with Crippen LogP contribution in [-0.4, -0.2) is 29.4 Å². The van der Waals surface area contributed by atoms with Gasteiger partial charge in [0, 0.05) is 16.2 Å². The summed E-state index contributed by atoms with van der Waals surface area (Å²) < 4.78 is 6.99. The number of aromatic carboxylic acids is 1. The van der Waals surface area contributed by atoms with Crippen molar-refractivity contribution in [3.63, 3.8) is 0 Å². The van der Waals surface area contributed by atoms with E-state index < -0.39 is 5.97 Å². The molecule has 0 aliphatic carbocycles. The zero-order valence-corrected chi connectivity index (χ0v) is 14.6. The minimum Gasteiger partial charge on any atom is -0.495 e. The molecule has 0 atom stereocenters. The maximum Gasteiger partial charge on any atom is 0.337 e. The maximum absolute atomic E-state index is 10.7. The van der Waals surface area contributed by atoms with Crippen LogP contribution in [0.2, 0.25) is 0 Å². The second kappa shape index (κ2) is 7.37. The molecule has 1 heterocycles. The SMILES string of the molecule is COc1c(Br)cc(Br)cc1/C=N/Nc1ccc(C(=O)O)cn1. The highest BCUT2D eigenvalue weighted by Gasteiger charge is 2.07. The summed E-state index contributed by atoms with van der Waals surface area (Å²) in [6.07, 6.45) is 2.84. The van der Waals surface area contributed by atoms with Gasteiger partial charge in [-0.3, -0.25) is 5.43 Å². The van der Waals surface area contributed by atoms with Crippen molar-refractivity contribution in [1.29, 1.82) is 0 Å². The fraction of sp³-hybridized carbons (Fsp3) is 0.0714. The molecule has 2 aromatic rings. The van der Waals surface area contributed by atoms with E-state index in [2.05, 4.69) is 47.4 Å². The number of nitrogens with one attached hydrogen (secondary N) is 1. The number of aromatic nitrogens is 1. The van der Waals surface area contributed by atoms with Crippen molar-refractivity contribution in [2.45, 2.75) is 0 Å². The second-order valence-corrected chi connectivity index (χ2v) is 5.89. The van der Waals surface area contributed by atoms with Gasteiger partial charge in [0.25, 0.3) is 0 Å². The number of benzene rings is 1. The van der Waals surface area contributed by atoms with Crippen LogP contribution in [-0.2, 0) is 0 Å². The number of carbonyl (C=O) groups is 1. The van der Waals surface area contributed by atoms with E-state index in [1.807, 2.05) is 12.1 Å². The average Bonchev–Trinajstić information content (AvgIpc) is 2.47. The molecule has 0 amide bonds. The predicted octanol–water partition coefficient (Wildman–Crippen LogP) is 3.76. The molecule has 0 aliphatic rings. The summed E-state index contributed by atoms with van der Waals surface area (Å²) in [5.41, 5.74) is 3.61. The number of hydrogen-bond donors (Lipinski definition) is 2. The number of carboxylic acids is 1. The summed E-state index contributed by atoms with van der Waals surface area (Å²) in [7, 11) is 1.57. The number of carboxylic acid groups (broad SMARTS) is 1. The number of ether oxygens (including phenoxy) is 1. The van der Waals surface area contributed by atoms with E-state index in [1.165, 1.54) is 18.3 Å². The Labute approximate surface area is 143 Å². The maximum atomic E-state index is 10.7. The molecule has 0 saturated carbocycles. The highest BCUT2D eigenvalue weighted by molar-refractivity contribution is 9.11. The van der Waals surface area contributed by atoms with Crippen LogP contribution in [0.1, 0.15) is 15.9 Å². The molecule has 2 rings (SSSR count). The lowest BCUT2D eigenvalue weighted by atomic mass is 10.2. The first-order chi connectivity index (χ1) is 10.5. The van der Waals surface area contributed by atoms with Gasteiger partial charge in [0.1, 0.15) is 11.6 Å². The summed E-state index contributed by atoms with van der Waals surface area (Å²) in [6.45, 7) is 0. The number of rotatable bonds is 5. The fourth-order valence-electron chi connectivity index (χ4n) is 1.65. The van der Waals surface area contributed by atoms with Crippen LogP contribution in [0.3, 0.4) is 0 Å². The van der Waals surface area contributed by atoms with Gasteiger partial charge in [-0.1, -0.05) is 15.9 Å². The fourth-order valence-corrected chi connectivity index (χ4v) is 3.07. The summed E-state index contributed by atoms with van der Waals surface area (Å²) in [6, 6.07) is 6.71. The predicted molar refractivity (Wildman–Crippen MR) is 90.8 cm³/mol. The Hall–Kier alpha value is -1.93. The first-order valence-corrected chi connectivity index (χ1v) is 7.61. The van der Waals surface area contributed by atoms with Crippen molar-refractivity contribution < 1.29 is 14.6 Å². The van der Waals surface area contributed by atoms with Crippen molar-refractivity contribution >= 4 is 49.9 Å². The lowest BCUT2D eigenvalue weighted by Crippen LogP contribution is -1.99. The van der Waals surface area contributed by atoms with Crippen LogP contribution < -0.4 is 10.2 Å². The molecule has 0 unspecified atom stereocenters. The topological polar surface area (TPSA) is 83.8 Å². The van der Waals surface area contributed by atoms with E-state index in [-0.39, 0.29) is 5.56 Å². The smallest absolute Gasteiger partial charge is 0.337 e. The molecule has 0 spiro atoms. The van der Waals surface area contributed by atoms with Crippen molar-refractivity contribution in [3.05, 3.63) is 50.5 Å². The van der Waals surface area contributed by atoms with Gasteiger partial charge in [0.2, 0.25) is 0 Å². The van der Waals surface area contributed by atoms with Crippen molar-refractivity contribution in [2.24, 2.45) is 5.10 Å². The van der Waals surface area contributed by atoms with Crippen LogP contribution in [0, 0.1) is 0 Å². The van der Waals surface area contributed by atoms with Gasteiger partial charge in [-0.05, 0) is 40.2 Å². The van der Waals surface area contributed by atoms with Gasteiger partial charge in [-0.15, -0.1) is 0 Å². The van der Waals surface area contributed by atoms with Gasteiger partial charge in [0.05, 0.1) is 23.4 Å². The third-order valence-corrected chi connectivity index (χ3v) is 3.68. The molecule has 8 heteroatoms. The summed E-state index contributed by atoms with van der Waals surface area (Å²) in [4.78, 5) is 14.7. The Morgan fingerprint density at radius 1 is 1.41 bits per heavy atom. The molecule has 6 nitrogen and oxygen atoms in total. The Balaban J connectivity index is 2.14. The zero-order chi connectivity index (χ0) is 16.1. The van der Waals surface area contributed by atoms with E-state index in [0.717, 1.165) is 14.5 Å². The zero-order valence-electron chi connectivity index (χ0n) is 11.4. The summed E-state index contributed by atoms with van der Waals surface area (Å²) in [5, 5.41) is 12.9. The highest BCUT2D eigenvalue weighted by atomic mass is 79.9. The third kappa shape index (κ3) is 4.05. The summed E-state index contributed by atoms with van der Waals surface area (Å²) in [5.74, 6) is 0.0727. The van der Waals surface area contributed by atoms with Gasteiger partial charge in [0.15, 0.2) is 0 Å². The van der Waals surface area contributed by atoms with Gasteiger partial charge >= 0.3 is 5.97 Å². The normalized spacial score (nSPS) is 10.7. The lowest BCUT2D eigenvalue weighted by Gasteiger charge is -2.07. The van der Waals surface area contributed by atoms with Gasteiger partial charge in [-0.25, -0.2) is 9.78 Å². The molecule has 0 bridgehead atoms. The van der Waals surface area contributed by atoms with Crippen LogP contribution in [0.25, 0.3) is 0 Å². The van der Waals surface area contributed by atoms with Crippen LogP contribution >= 0.6 is 31.9 Å². The van der Waals surface area contributed by atoms with Gasteiger partial charge in [-0.2, -0.15) is 5.10 Å². The Morgan fingerprint density at radius 2 is 2.18 bits per heavy atom. The van der Waals surface area contributed by atoms with Crippen LogP contribution in [0.5, 0.6) is 5.75 Å². The quantitative estimate of drug-likeness (QED) is 0.559. The van der Waals surface area contributed by atoms with E-state index in [0.29, 0.717) is 11.6 Å². The standard InChI is InChI=1S/C14H11Br2N3O3/c1-22-13-9(4-10(15)5-11(13)16)7-18-19-12-3-2-8(6-17-12)14(20)21/h2-7H,1H3,(H,17,19)(H,20,21)/b18-7+. The second-order valence-electron chi connectivity index (χ2n) is 4.12. The number of halogens is 2. The first kappa shape index (κ1) is 16.4. The van der Waals surface area contributed by atoms with Crippen LogP contribution in [0.4, 0.5) is 5.82 Å². The van der Waals surface area contributed by atoms with E-state index in [9.17, 15) is 4.79 Å². The molecular weight excluding hydrogens is 418 g/mol. The van der Waals surface area contributed by atoms with Crippen molar-refractivity contribution in [3.8, 4) is 5.75 Å². The molecule has 0 radical (unpaired) electrons. The van der Waals surface area contributed by atoms with E-state index >= 15 is 0 Å². The number of methoxy groups -OCH3 is 1. The third-order valence-electron chi connectivity index (χ3n) is 2.63. The number of anilines is 1. The summed E-state index contributed by atoms with van der Waals surface area (Å²) >= 11 is 6.81. The largest absolute Gasteiger partial charge is 0.495 e. The van der Waals surface area contributed by atoms with E-state index in [4.69, 9.17) is 9.84 Å².